The van der Waals surface area contributed by atoms with Crippen molar-refractivity contribution in [2.75, 3.05) is 0 Å². The Morgan fingerprint density at radius 1 is 1.21 bits per heavy atom. The van der Waals surface area contributed by atoms with Crippen LogP contribution in [0.5, 0.6) is 0 Å². The van der Waals surface area contributed by atoms with E-state index >= 15 is 0 Å². The SMILES string of the molecule is CCc1ccc(C(O)c2cnc3ccccc3c2)o1. The number of fused-ring (bicyclic) bond motifs is 1. The second kappa shape index (κ2) is 4.86. The first kappa shape index (κ1) is 11.9. The van der Waals surface area contributed by atoms with E-state index in [-0.39, 0.29) is 0 Å². The van der Waals surface area contributed by atoms with E-state index in [1.54, 1.807) is 6.20 Å². The summed E-state index contributed by atoms with van der Waals surface area (Å²) in [5.41, 5.74) is 1.67. The van der Waals surface area contributed by atoms with Gasteiger partial charge in [-0.1, -0.05) is 25.1 Å². The molecular formula is C16H15NO2. The fourth-order valence-corrected chi connectivity index (χ4v) is 2.13. The Balaban J connectivity index is 1.98. The molecule has 3 heteroatoms. The molecule has 0 spiro atoms. The standard InChI is InChI=1S/C16H15NO2/c1-2-13-7-8-15(19-13)16(18)12-9-11-5-3-4-6-14(11)17-10-12/h3-10,16,18H,2H2,1H3. The molecule has 2 aromatic heterocycles. The van der Waals surface area contributed by atoms with E-state index in [9.17, 15) is 5.11 Å². The van der Waals surface area contributed by atoms with Crippen molar-refractivity contribution >= 4 is 10.9 Å². The summed E-state index contributed by atoms with van der Waals surface area (Å²) in [4.78, 5) is 4.35. The van der Waals surface area contributed by atoms with E-state index in [1.165, 1.54) is 0 Å². The van der Waals surface area contributed by atoms with Crippen molar-refractivity contribution in [2.24, 2.45) is 0 Å². The summed E-state index contributed by atoms with van der Waals surface area (Å²) < 4.78 is 5.58. The number of para-hydroxylation sites is 1. The summed E-state index contributed by atoms with van der Waals surface area (Å²) in [6.07, 6.45) is 1.75. The first-order valence-corrected chi connectivity index (χ1v) is 6.39. The number of benzene rings is 1. The second-order valence-corrected chi connectivity index (χ2v) is 4.52. The Kier molecular flexibility index (Phi) is 3.05. The van der Waals surface area contributed by atoms with Crippen LogP contribution in [-0.2, 0) is 6.42 Å². The molecule has 96 valence electrons. The molecule has 0 aliphatic heterocycles. The number of aryl methyl sites for hydroxylation is 1. The largest absolute Gasteiger partial charge is 0.463 e. The van der Waals surface area contributed by atoms with E-state index < -0.39 is 6.10 Å². The Morgan fingerprint density at radius 2 is 2.05 bits per heavy atom. The number of hydrogen-bond acceptors (Lipinski definition) is 3. The van der Waals surface area contributed by atoms with Gasteiger partial charge in [0, 0.05) is 23.6 Å². The van der Waals surface area contributed by atoms with Gasteiger partial charge in [0.15, 0.2) is 0 Å². The molecule has 3 rings (SSSR count). The molecular weight excluding hydrogens is 238 g/mol. The third-order valence-corrected chi connectivity index (χ3v) is 3.23. The molecule has 1 N–H and O–H groups in total. The highest BCUT2D eigenvalue weighted by Crippen LogP contribution is 2.25. The zero-order valence-corrected chi connectivity index (χ0v) is 10.7. The van der Waals surface area contributed by atoms with E-state index in [2.05, 4.69) is 4.98 Å². The molecule has 0 fully saturated rings. The van der Waals surface area contributed by atoms with Crippen molar-refractivity contribution in [3.63, 3.8) is 0 Å². The van der Waals surface area contributed by atoms with Gasteiger partial charge in [0.2, 0.25) is 0 Å². The summed E-state index contributed by atoms with van der Waals surface area (Å²) >= 11 is 0. The topological polar surface area (TPSA) is 46.3 Å². The fraction of sp³-hybridized carbons (Fsp3) is 0.188. The lowest BCUT2D eigenvalue weighted by Crippen LogP contribution is -1.99. The van der Waals surface area contributed by atoms with Gasteiger partial charge in [-0.2, -0.15) is 0 Å². The average molecular weight is 253 g/mol. The third-order valence-electron chi connectivity index (χ3n) is 3.23. The second-order valence-electron chi connectivity index (χ2n) is 4.52. The van der Waals surface area contributed by atoms with Crippen LogP contribution in [0.2, 0.25) is 0 Å². The van der Waals surface area contributed by atoms with E-state index in [4.69, 9.17) is 4.42 Å². The molecule has 0 radical (unpaired) electrons. The van der Waals surface area contributed by atoms with Crippen LogP contribution in [0.25, 0.3) is 10.9 Å². The molecule has 2 heterocycles. The average Bonchev–Trinajstić information content (AvgIpc) is 2.95. The normalized spacial score (nSPS) is 12.7. The van der Waals surface area contributed by atoms with Gasteiger partial charge in [-0.25, -0.2) is 0 Å². The quantitative estimate of drug-likeness (QED) is 0.777. The first-order valence-electron chi connectivity index (χ1n) is 6.39. The third kappa shape index (κ3) is 2.25. The number of furan rings is 1. The highest BCUT2D eigenvalue weighted by molar-refractivity contribution is 5.78. The number of aromatic nitrogens is 1. The van der Waals surface area contributed by atoms with Crippen LogP contribution < -0.4 is 0 Å². The monoisotopic (exact) mass is 253 g/mol. The molecule has 3 nitrogen and oxygen atoms in total. The lowest BCUT2D eigenvalue weighted by molar-refractivity contribution is 0.187. The summed E-state index contributed by atoms with van der Waals surface area (Å²) in [6.45, 7) is 2.02. The van der Waals surface area contributed by atoms with E-state index in [1.807, 2.05) is 49.4 Å². The molecule has 1 unspecified atom stereocenters. The van der Waals surface area contributed by atoms with Crippen LogP contribution in [0.1, 0.15) is 30.1 Å². The van der Waals surface area contributed by atoms with Crippen LogP contribution in [0.4, 0.5) is 0 Å². The van der Waals surface area contributed by atoms with Crippen LogP contribution in [0.3, 0.4) is 0 Å². The summed E-state index contributed by atoms with van der Waals surface area (Å²) in [7, 11) is 0. The Morgan fingerprint density at radius 3 is 2.84 bits per heavy atom. The minimum absolute atomic E-state index is 0.564. The van der Waals surface area contributed by atoms with Gasteiger partial charge in [0.05, 0.1) is 5.52 Å². The van der Waals surface area contributed by atoms with Crippen molar-refractivity contribution in [3.05, 3.63) is 65.7 Å². The number of aliphatic hydroxyl groups is 1. The molecule has 0 aliphatic rings. The fourth-order valence-electron chi connectivity index (χ4n) is 2.13. The molecule has 1 aromatic carbocycles. The van der Waals surface area contributed by atoms with Crippen molar-refractivity contribution in [1.82, 2.24) is 4.98 Å². The summed E-state index contributed by atoms with van der Waals surface area (Å²) in [5.74, 6) is 1.44. The smallest absolute Gasteiger partial charge is 0.138 e. The van der Waals surface area contributed by atoms with Crippen molar-refractivity contribution in [1.29, 1.82) is 0 Å². The first-order chi connectivity index (χ1) is 9.28. The molecule has 0 bridgehead atoms. The minimum atomic E-state index is -0.766. The van der Waals surface area contributed by atoms with Crippen molar-refractivity contribution < 1.29 is 9.52 Å². The Labute approximate surface area is 111 Å². The zero-order chi connectivity index (χ0) is 13.2. The van der Waals surface area contributed by atoms with Crippen LogP contribution >= 0.6 is 0 Å². The zero-order valence-electron chi connectivity index (χ0n) is 10.7. The maximum absolute atomic E-state index is 10.3. The number of rotatable bonds is 3. The van der Waals surface area contributed by atoms with Gasteiger partial charge in [-0.15, -0.1) is 0 Å². The van der Waals surface area contributed by atoms with E-state index in [0.29, 0.717) is 5.76 Å². The molecule has 1 atom stereocenters. The van der Waals surface area contributed by atoms with Gasteiger partial charge in [-0.3, -0.25) is 4.98 Å². The van der Waals surface area contributed by atoms with Crippen LogP contribution in [-0.4, -0.2) is 10.1 Å². The van der Waals surface area contributed by atoms with Gasteiger partial charge >= 0.3 is 0 Å². The number of hydrogen-bond donors (Lipinski definition) is 1. The van der Waals surface area contributed by atoms with Gasteiger partial charge in [0.25, 0.3) is 0 Å². The van der Waals surface area contributed by atoms with Crippen LogP contribution in [0.15, 0.2) is 53.1 Å². The highest BCUT2D eigenvalue weighted by atomic mass is 16.4. The van der Waals surface area contributed by atoms with E-state index in [0.717, 1.165) is 28.6 Å². The maximum atomic E-state index is 10.3. The molecule has 3 aromatic rings. The highest BCUT2D eigenvalue weighted by Gasteiger charge is 2.15. The molecule has 0 aliphatic carbocycles. The molecule has 19 heavy (non-hydrogen) atoms. The minimum Gasteiger partial charge on any atom is -0.463 e. The lowest BCUT2D eigenvalue weighted by Gasteiger charge is -2.08. The van der Waals surface area contributed by atoms with Gasteiger partial charge in [-0.05, 0) is 24.3 Å². The number of pyridine rings is 1. The molecule has 0 amide bonds. The summed E-state index contributed by atoms with van der Waals surface area (Å²) in [5, 5.41) is 11.3. The van der Waals surface area contributed by atoms with Crippen molar-refractivity contribution in [3.8, 4) is 0 Å². The predicted octanol–water partition coefficient (Wildman–Crippen LogP) is 3.47. The number of aliphatic hydroxyl groups excluding tert-OH is 1. The Hall–Kier alpha value is -2.13. The molecule has 0 saturated heterocycles. The lowest BCUT2D eigenvalue weighted by atomic mass is 10.1. The van der Waals surface area contributed by atoms with Gasteiger partial charge in [0.1, 0.15) is 17.6 Å². The van der Waals surface area contributed by atoms with Crippen molar-refractivity contribution in [2.45, 2.75) is 19.4 Å². The maximum Gasteiger partial charge on any atom is 0.138 e. The molecule has 0 saturated carbocycles. The van der Waals surface area contributed by atoms with Crippen LogP contribution in [0, 0.1) is 0 Å². The summed E-state index contributed by atoms with van der Waals surface area (Å²) in [6, 6.07) is 13.5. The number of nitrogens with zero attached hydrogens (tertiary/aromatic N) is 1. The van der Waals surface area contributed by atoms with Gasteiger partial charge < -0.3 is 9.52 Å². The predicted molar refractivity (Wildman–Crippen MR) is 73.9 cm³/mol. The Bertz CT molecular complexity index is 703.